The van der Waals surface area contributed by atoms with Crippen LogP contribution < -0.4 is 0 Å². The van der Waals surface area contributed by atoms with Crippen molar-refractivity contribution in [2.24, 2.45) is 0 Å². The largest absolute Gasteiger partial charge is 0.280 e. The van der Waals surface area contributed by atoms with Crippen molar-refractivity contribution < 1.29 is 0 Å². The number of hydrogen-bond acceptors (Lipinski definition) is 1. The molecule has 0 aromatic carbocycles. The summed E-state index contributed by atoms with van der Waals surface area (Å²) in [5.41, 5.74) is 2.15. The number of halogens is 2. The van der Waals surface area contributed by atoms with Gasteiger partial charge in [0.25, 0.3) is 0 Å². The van der Waals surface area contributed by atoms with E-state index in [0.717, 1.165) is 14.9 Å². The van der Waals surface area contributed by atoms with Gasteiger partial charge in [0.2, 0.25) is 0 Å². The molecule has 0 saturated heterocycles. The number of imidazole rings is 1. The molecule has 0 aliphatic rings. The zero-order valence-corrected chi connectivity index (χ0v) is 9.55. The number of hydrogen-bond donors (Lipinski definition) is 0. The first-order valence-electron chi connectivity index (χ1n) is 3.48. The van der Waals surface area contributed by atoms with E-state index in [-0.39, 0.29) is 0 Å². The van der Waals surface area contributed by atoms with Crippen LogP contribution in [-0.2, 0) is 0 Å². The third-order valence-corrected chi connectivity index (χ3v) is 2.93. The van der Waals surface area contributed by atoms with E-state index in [1.807, 2.05) is 23.5 Å². The van der Waals surface area contributed by atoms with Gasteiger partial charge in [0.15, 0.2) is 0 Å². The quantitative estimate of drug-likeness (QED) is 0.681. The lowest BCUT2D eigenvalue weighted by Crippen LogP contribution is -1.89. The third kappa shape index (κ3) is 1.10. The molecule has 0 aliphatic heterocycles. The lowest BCUT2D eigenvalue weighted by Gasteiger charge is -2.00. The Labute approximate surface area is 86.9 Å². The number of rotatable bonds is 0. The minimum atomic E-state index is 0.966. The van der Waals surface area contributed by atoms with Crippen molar-refractivity contribution in [3.63, 3.8) is 0 Å². The predicted octanol–water partition coefficient (Wildman–Crippen LogP) is 3.17. The lowest BCUT2D eigenvalue weighted by molar-refractivity contribution is 1.10. The van der Waals surface area contributed by atoms with Gasteiger partial charge in [-0.05, 0) is 50.4 Å². The first kappa shape index (κ1) is 8.26. The van der Waals surface area contributed by atoms with E-state index in [9.17, 15) is 0 Å². The summed E-state index contributed by atoms with van der Waals surface area (Å²) in [5, 5.41) is 0. The number of aromatic nitrogens is 2. The van der Waals surface area contributed by atoms with Gasteiger partial charge in [0.1, 0.15) is 10.3 Å². The highest BCUT2D eigenvalue weighted by Gasteiger charge is 2.04. The molecule has 2 heterocycles. The monoisotopic (exact) mass is 288 g/mol. The van der Waals surface area contributed by atoms with Gasteiger partial charge in [-0.1, -0.05) is 6.07 Å². The summed E-state index contributed by atoms with van der Waals surface area (Å²) in [7, 11) is 0. The zero-order chi connectivity index (χ0) is 8.72. The average Bonchev–Trinajstić information content (AvgIpc) is 2.42. The standard InChI is InChI=1S/C8H6Br2N2/c1-5-2-3-6(9)12-7(10)4-11-8(5)12/h2-4H,1H3. The molecule has 0 radical (unpaired) electrons. The van der Waals surface area contributed by atoms with E-state index >= 15 is 0 Å². The lowest BCUT2D eigenvalue weighted by atomic mass is 10.3. The van der Waals surface area contributed by atoms with Crippen LogP contribution in [-0.4, -0.2) is 9.38 Å². The molecule has 0 bridgehead atoms. The van der Waals surface area contributed by atoms with Crippen molar-refractivity contribution in [3.05, 3.63) is 33.1 Å². The van der Waals surface area contributed by atoms with E-state index in [0.29, 0.717) is 0 Å². The van der Waals surface area contributed by atoms with E-state index in [1.54, 1.807) is 6.20 Å². The van der Waals surface area contributed by atoms with Crippen LogP contribution in [0, 0.1) is 6.92 Å². The van der Waals surface area contributed by atoms with Gasteiger partial charge in [-0.3, -0.25) is 4.40 Å². The summed E-state index contributed by atoms with van der Waals surface area (Å²) in [4.78, 5) is 4.26. The van der Waals surface area contributed by atoms with E-state index in [1.165, 1.54) is 5.56 Å². The van der Waals surface area contributed by atoms with Crippen LogP contribution >= 0.6 is 31.9 Å². The molecule has 0 atom stereocenters. The maximum absolute atomic E-state index is 4.26. The predicted molar refractivity (Wildman–Crippen MR) is 55.3 cm³/mol. The molecule has 0 unspecified atom stereocenters. The Kier molecular flexibility index (Phi) is 1.96. The number of aryl methyl sites for hydroxylation is 1. The smallest absolute Gasteiger partial charge is 0.141 e. The minimum Gasteiger partial charge on any atom is -0.280 e. The number of pyridine rings is 1. The summed E-state index contributed by atoms with van der Waals surface area (Å²) in [6.45, 7) is 2.04. The molecule has 0 fully saturated rings. The molecular weight excluding hydrogens is 284 g/mol. The second-order valence-electron chi connectivity index (χ2n) is 2.58. The maximum Gasteiger partial charge on any atom is 0.141 e. The van der Waals surface area contributed by atoms with Crippen LogP contribution in [0.15, 0.2) is 27.5 Å². The molecule has 0 amide bonds. The van der Waals surface area contributed by atoms with Crippen LogP contribution in [0.3, 0.4) is 0 Å². The highest BCUT2D eigenvalue weighted by molar-refractivity contribution is 9.11. The molecule has 62 valence electrons. The van der Waals surface area contributed by atoms with Gasteiger partial charge in [-0.15, -0.1) is 0 Å². The summed E-state index contributed by atoms with van der Waals surface area (Å²) < 4.78 is 3.98. The van der Waals surface area contributed by atoms with E-state index < -0.39 is 0 Å². The molecule has 2 aromatic heterocycles. The summed E-state index contributed by atoms with van der Waals surface area (Å²) in [5.74, 6) is 0. The van der Waals surface area contributed by atoms with E-state index in [4.69, 9.17) is 0 Å². The molecule has 12 heavy (non-hydrogen) atoms. The Balaban J connectivity index is 2.98. The fourth-order valence-electron chi connectivity index (χ4n) is 1.16. The molecule has 2 aromatic rings. The van der Waals surface area contributed by atoms with Crippen molar-refractivity contribution in [1.82, 2.24) is 9.38 Å². The fourth-order valence-corrected chi connectivity index (χ4v) is 2.35. The van der Waals surface area contributed by atoms with Crippen molar-refractivity contribution in [3.8, 4) is 0 Å². The third-order valence-electron chi connectivity index (χ3n) is 1.76. The Morgan fingerprint density at radius 1 is 1.25 bits per heavy atom. The Hall–Kier alpha value is -0.350. The van der Waals surface area contributed by atoms with Gasteiger partial charge < -0.3 is 0 Å². The highest BCUT2D eigenvalue weighted by atomic mass is 79.9. The molecule has 2 nitrogen and oxygen atoms in total. The Morgan fingerprint density at radius 2 is 2.00 bits per heavy atom. The molecule has 2 rings (SSSR count). The Morgan fingerprint density at radius 3 is 2.67 bits per heavy atom. The second-order valence-corrected chi connectivity index (χ2v) is 4.20. The Bertz CT molecular complexity index is 434. The SMILES string of the molecule is Cc1ccc(Br)n2c(Br)cnc12. The van der Waals surface area contributed by atoms with Crippen molar-refractivity contribution >= 4 is 37.5 Å². The summed E-state index contributed by atoms with van der Waals surface area (Å²) in [6, 6.07) is 4.05. The first-order valence-corrected chi connectivity index (χ1v) is 5.07. The van der Waals surface area contributed by atoms with Crippen LogP contribution in [0.4, 0.5) is 0 Å². The molecule has 0 N–H and O–H groups in total. The average molecular weight is 290 g/mol. The number of nitrogens with zero attached hydrogens (tertiary/aromatic N) is 2. The van der Waals surface area contributed by atoms with Crippen LogP contribution in [0.2, 0.25) is 0 Å². The van der Waals surface area contributed by atoms with E-state index in [2.05, 4.69) is 36.8 Å². The number of fused-ring (bicyclic) bond motifs is 1. The van der Waals surface area contributed by atoms with Crippen molar-refractivity contribution in [1.29, 1.82) is 0 Å². The van der Waals surface area contributed by atoms with Gasteiger partial charge in [0, 0.05) is 0 Å². The van der Waals surface area contributed by atoms with Crippen LogP contribution in [0.5, 0.6) is 0 Å². The molecule has 0 aliphatic carbocycles. The molecule has 0 spiro atoms. The van der Waals surface area contributed by atoms with Crippen LogP contribution in [0.25, 0.3) is 5.65 Å². The molecule has 4 heteroatoms. The molecule has 0 saturated carbocycles. The zero-order valence-electron chi connectivity index (χ0n) is 6.38. The van der Waals surface area contributed by atoms with Gasteiger partial charge in [-0.25, -0.2) is 4.98 Å². The summed E-state index contributed by atoms with van der Waals surface area (Å²) >= 11 is 6.88. The second kappa shape index (κ2) is 2.85. The minimum absolute atomic E-state index is 0.966. The van der Waals surface area contributed by atoms with Gasteiger partial charge >= 0.3 is 0 Å². The fraction of sp³-hybridized carbons (Fsp3) is 0.125. The molecular formula is C8H6Br2N2. The van der Waals surface area contributed by atoms with Gasteiger partial charge in [-0.2, -0.15) is 0 Å². The maximum atomic E-state index is 4.26. The van der Waals surface area contributed by atoms with Crippen LogP contribution in [0.1, 0.15) is 5.56 Å². The van der Waals surface area contributed by atoms with Crippen molar-refractivity contribution in [2.45, 2.75) is 6.92 Å². The van der Waals surface area contributed by atoms with Crippen molar-refractivity contribution in [2.75, 3.05) is 0 Å². The normalized spacial score (nSPS) is 10.9. The first-order chi connectivity index (χ1) is 5.70. The highest BCUT2D eigenvalue weighted by Crippen LogP contribution is 2.21. The summed E-state index contributed by atoms with van der Waals surface area (Å²) in [6.07, 6.45) is 1.80. The van der Waals surface area contributed by atoms with Gasteiger partial charge in [0.05, 0.1) is 10.8 Å². The topological polar surface area (TPSA) is 17.3 Å².